The number of aliphatic hydroxyl groups is 1. The van der Waals surface area contributed by atoms with Crippen LogP contribution in [-0.4, -0.2) is 21.0 Å². The highest BCUT2D eigenvalue weighted by Gasteiger charge is 2.11. The van der Waals surface area contributed by atoms with Crippen molar-refractivity contribution in [3.8, 4) is 0 Å². The molecule has 0 radical (unpaired) electrons. The Morgan fingerprint density at radius 1 is 1.53 bits per heavy atom. The van der Waals surface area contributed by atoms with Gasteiger partial charge in [-0.15, -0.1) is 0 Å². The summed E-state index contributed by atoms with van der Waals surface area (Å²) in [6.07, 6.45) is 2.62. The average molecular weight is 275 g/mol. The zero-order chi connectivity index (χ0) is 11.4. The summed E-state index contributed by atoms with van der Waals surface area (Å²) in [6.45, 7) is 6.83. The van der Waals surface area contributed by atoms with Gasteiger partial charge in [0, 0.05) is 6.54 Å². The number of hydrogen-bond donors (Lipinski definition) is 1. The third-order valence-corrected chi connectivity index (χ3v) is 3.52. The molecule has 0 aromatic carbocycles. The molecule has 15 heavy (non-hydrogen) atoms. The van der Waals surface area contributed by atoms with Gasteiger partial charge in [-0.1, -0.05) is 0 Å². The number of rotatable bonds is 5. The summed E-state index contributed by atoms with van der Waals surface area (Å²) < 4.78 is 3.15. The van der Waals surface area contributed by atoms with Gasteiger partial charge in [0.1, 0.15) is 0 Å². The SMILES string of the molecule is CCn1nc(C)c(Br)c1CCCC(C)O. The number of halogens is 1. The lowest BCUT2D eigenvalue weighted by Gasteiger charge is -2.06. The fourth-order valence-corrected chi connectivity index (χ4v) is 2.15. The number of nitrogens with zero attached hydrogens (tertiary/aromatic N) is 2. The van der Waals surface area contributed by atoms with Crippen molar-refractivity contribution in [1.82, 2.24) is 9.78 Å². The maximum Gasteiger partial charge on any atom is 0.0738 e. The second-order valence-corrected chi connectivity index (χ2v) is 4.70. The van der Waals surface area contributed by atoms with Gasteiger partial charge in [-0.05, 0) is 56.0 Å². The second kappa shape index (κ2) is 5.66. The van der Waals surface area contributed by atoms with Crippen molar-refractivity contribution in [1.29, 1.82) is 0 Å². The van der Waals surface area contributed by atoms with E-state index >= 15 is 0 Å². The van der Waals surface area contributed by atoms with Gasteiger partial charge in [0.25, 0.3) is 0 Å². The van der Waals surface area contributed by atoms with Crippen molar-refractivity contribution < 1.29 is 5.11 Å². The van der Waals surface area contributed by atoms with E-state index in [4.69, 9.17) is 0 Å². The molecule has 0 spiro atoms. The predicted molar refractivity (Wildman–Crippen MR) is 65.0 cm³/mol. The summed E-state index contributed by atoms with van der Waals surface area (Å²) in [7, 11) is 0. The summed E-state index contributed by atoms with van der Waals surface area (Å²) >= 11 is 3.56. The van der Waals surface area contributed by atoms with Gasteiger partial charge in [0.05, 0.1) is 22.0 Å². The van der Waals surface area contributed by atoms with Crippen LogP contribution < -0.4 is 0 Å². The molecule has 1 unspecified atom stereocenters. The van der Waals surface area contributed by atoms with Crippen LogP contribution in [0.3, 0.4) is 0 Å². The summed E-state index contributed by atoms with van der Waals surface area (Å²) in [5, 5.41) is 13.6. The Labute approximate surface area is 99.6 Å². The quantitative estimate of drug-likeness (QED) is 0.897. The largest absolute Gasteiger partial charge is 0.393 e. The van der Waals surface area contributed by atoms with Gasteiger partial charge in [-0.3, -0.25) is 4.68 Å². The standard InChI is InChI=1S/C11H19BrN2O/c1-4-14-10(7-5-6-8(2)15)11(12)9(3)13-14/h8,15H,4-7H2,1-3H3. The minimum atomic E-state index is -0.206. The van der Waals surface area contributed by atoms with E-state index in [1.54, 1.807) is 0 Å². The number of aromatic nitrogens is 2. The third kappa shape index (κ3) is 3.31. The van der Waals surface area contributed by atoms with E-state index in [9.17, 15) is 5.11 Å². The monoisotopic (exact) mass is 274 g/mol. The minimum absolute atomic E-state index is 0.206. The lowest BCUT2D eigenvalue weighted by Crippen LogP contribution is -2.05. The highest BCUT2D eigenvalue weighted by molar-refractivity contribution is 9.10. The zero-order valence-electron chi connectivity index (χ0n) is 9.63. The fraction of sp³-hybridized carbons (Fsp3) is 0.727. The molecular formula is C11H19BrN2O. The molecule has 0 aliphatic carbocycles. The average Bonchev–Trinajstić information content (AvgIpc) is 2.44. The van der Waals surface area contributed by atoms with Gasteiger partial charge >= 0.3 is 0 Å². The molecule has 0 aliphatic heterocycles. The van der Waals surface area contributed by atoms with E-state index in [0.717, 1.165) is 36.0 Å². The molecule has 86 valence electrons. The summed E-state index contributed by atoms with van der Waals surface area (Å²) in [5.41, 5.74) is 2.29. The van der Waals surface area contributed by atoms with Crippen LogP contribution in [0.15, 0.2) is 4.47 Å². The van der Waals surface area contributed by atoms with Crippen LogP contribution >= 0.6 is 15.9 Å². The summed E-state index contributed by atoms with van der Waals surface area (Å²) in [4.78, 5) is 0. The summed E-state index contributed by atoms with van der Waals surface area (Å²) in [6, 6.07) is 0. The Balaban J connectivity index is 2.66. The molecule has 0 bridgehead atoms. The van der Waals surface area contributed by atoms with Crippen molar-refractivity contribution >= 4 is 15.9 Å². The number of aryl methyl sites for hydroxylation is 2. The van der Waals surface area contributed by atoms with Crippen molar-refractivity contribution in [3.63, 3.8) is 0 Å². The lowest BCUT2D eigenvalue weighted by molar-refractivity contribution is 0.181. The van der Waals surface area contributed by atoms with Crippen LogP contribution in [0.25, 0.3) is 0 Å². The van der Waals surface area contributed by atoms with Gasteiger partial charge < -0.3 is 5.11 Å². The van der Waals surface area contributed by atoms with Gasteiger partial charge in [-0.2, -0.15) is 5.10 Å². The van der Waals surface area contributed by atoms with Crippen LogP contribution in [-0.2, 0) is 13.0 Å². The molecule has 1 N–H and O–H groups in total. The molecule has 3 nitrogen and oxygen atoms in total. The van der Waals surface area contributed by atoms with E-state index in [2.05, 4.69) is 28.0 Å². The highest BCUT2D eigenvalue weighted by atomic mass is 79.9. The Hall–Kier alpha value is -0.350. The van der Waals surface area contributed by atoms with E-state index in [0.29, 0.717) is 0 Å². The first-order chi connectivity index (χ1) is 7.06. The second-order valence-electron chi connectivity index (χ2n) is 3.90. The maximum absolute atomic E-state index is 9.20. The van der Waals surface area contributed by atoms with Crippen LogP contribution in [0.4, 0.5) is 0 Å². The smallest absolute Gasteiger partial charge is 0.0738 e. The molecule has 1 heterocycles. The van der Waals surface area contributed by atoms with E-state index in [1.165, 1.54) is 5.69 Å². The number of aliphatic hydroxyl groups excluding tert-OH is 1. The predicted octanol–water partition coefficient (Wildman–Crippen LogP) is 2.68. The molecule has 0 saturated heterocycles. The molecule has 0 amide bonds. The van der Waals surface area contributed by atoms with Crippen LogP contribution in [0, 0.1) is 6.92 Å². The first-order valence-corrected chi connectivity index (χ1v) is 6.25. The molecule has 0 fully saturated rings. The van der Waals surface area contributed by atoms with E-state index in [1.807, 2.05) is 18.5 Å². The molecule has 0 aliphatic rings. The van der Waals surface area contributed by atoms with Crippen LogP contribution in [0.5, 0.6) is 0 Å². The number of hydrogen-bond acceptors (Lipinski definition) is 2. The Morgan fingerprint density at radius 2 is 2.20 bits per heavy atom. The molecule has 0 saturated carbocycles. The van der Waals surface area contributed by atoms with Crippen molar-refractivity contribution in [3.05, 3.63) is 15.9 Å². The van der Waals surface area contributed by atoms with Crippen molar-refractivity contribution in [2.24, 2.45) is 0 Å². The zero-order valence-corrected chi connectivity index (χ0v) is 11.2. The lowest BCUT2D eigenvalue weighted by atomic mass is 10.1. The first-order valence-electron chi connectivity index (χ1n) is 5.46. The molecular weight excluding hydrogens is 256 g/mol. The van der Waals surface area contributed by atoms with E-state index in [-0.39, 0.29) is 6.10 Å². The highest BCUT2D eigenvalue weighted by Crippen LogP contribution is 2.22. The van der Waals surface area contributed by atoms with Crippen molar-refractivity contribution in [2.75, 3.05) is 0 Å². The minimum Gasteiger partial charge on any atom is -0.393 e. The van der Waals surface area contributed by atoms with Gasteiger partial charge in [-0.25, -0.2) is 0 Å². The molecule has 1 aromatic heterocycles. The maximum atomic E-state index is 9.20. The van der Waals surface area contributed by atoms with Gasteiger partial charge in [0.2, 0.25) is 0 Å². The van der Waals surface area contributed by atoms with Crippen LogP contribution in [0.1, 0.15) is 38.1 Å². The fourth-order valence-electron chi connectivity index (χ4n) is 1.67. The molecule has 1 rings (SSSR count). The third-order valence-electron chi connectivity index (χ3n) is 2.49. The molecule has 4 heteroatoms. The summed E-state index contributed by atoms with van der Waals surface area (Å²) in [5.74, 6) is 0. The van der Waals surface area contributed by atoms with E-state index < -0.39 is 0 Å². The Morgan fingerprint density at radius 3 is 2.73 bits per heavy atom. The Kier molecular flexibility index (Phi) is 4.80. The van der Waals surface area contributed by atoms with Gasteiger partial charge in [0.15, 0.2) is 0 Å². The molecule has 1 atom stereocenters. The van der Waals surface area contributed by atoms with Crippen molar-refractivity contribution in [2.45, 2.75) is 52.7 Å². The molecule has 1 aromatic rings. The Bertz CT molecular complexity index is 321. The normalized spacial score (nSPS) is 13.1. The van der Waals surface area contributed by atoms with Crippen LogP contribution in [0.2, 0.25) is 0 Å². The topological polar surface area (TPSA) is 38.0 Å². The first kappa shape index (κ1) is 12.7.